The van der Waals surface area contributed by atoms with Crippen LogP contribution in [-0.2, 0) is 6.18 Å². The molecule has 0 saturated carbocycles. The van der Waals surface area contributed by atoms with E-state index in [9.17, 15) is 18.0 Å². The molecule has 0 atom stereocenters. The maximum Gasteiger partial charge on any atom is 0.416 e. The zero-order chi connectivity index (χ0) is 23.4. The van der Waals surface area contributed by atoms with Crippen LogP contribution in [0.5, 0.6) is 5.75 Å². The number of alkyl halides is 3. The highest BCUT2D eigenvalue weighted by Crippen LogP contribution is 2.33. The van der Waals surface area contributed by atoms with Crippen LogP contribution in [0.25, 0.3) is 11.1 Å². The number of carbonyl (C=O) groups is 1. The van der Waals surface area contributed by atoms with Gasteiger partial charge in [-0.05, 0) is 79.9 Å². The number of amides is 1. The topological polar surface area (TPSA) is 50.4 Å². The lowest BCUT2D eigenvalue weighted by molar-refractivity contribution is -0.137. The molecule has 1 saturated heterocycles. The number of piperidine rings is 1. The van der Waals surface area contributed by atoms with Crippen LogP contribution in [0, 0.1) is 6.92 Å². The summed E-state index contributed by atoms with van der Waals surface area (Å²) >= 11 is 0. The second-order valence-corrected chi connectivity index (χ2v) is 8.12. The van der Waals surface area contributed by atoms with Crippen LogP contribution in [-0.4, -0.2) is 25.1 Å². The van der Waals surface area contributed by atoms with Crippen molar-refractivity contribution in [3.63, 3.8) is 0 Å². The van der Waals surface area contributed by atoms with Gasteiger partial charge >= 0.3 is 6.18 Å². The summed E-state index contributed by atoms with van der Waals surface area (Å²) < 4.78 is 44.9. The summed E-state index contributed by atoms with van der Waals surface area (Å²) in [5.74, 6) is 0.347. The number of carbonyl (C=O) groups excluding carboxylic acids is 1. The number of hydrogen-bond donors (Lipinski definition) is 2. The lowest BCUT2D eigenvalue weighted by atomic mass is 9.94. The third-order valence-electron chi connectivity index (χ3n) is 5.70. The van der Waals surface area contributed by atoms with Gasteiger partial charge in [0.1, 0.15) is 11.9 Å². The summed E-state index contributed by atoms with van der Waals surface area (Å²) in [5, 5.41) is 6.19. The van der Waals surface area contributed by atoms with Crippen molar-refractivity contribution in [3.8, 4) is 16.9 Å². The molecular weight excluding hydrogens is 429 g/mol. The van der Waals surface area contributed by atoms with E-state index in [2.05, 4.69) is 10.6 Å². The molecule has 0 radical (unpaired) electrons. The highest BCUT2D eigenvalue weighted by Gasteiger charge is 2.30. The molecule has 2 N–H and O–H groups in total. The molecule has 0 bridgehead atoms. The van der Waals surface area contributed by atoms with E-state index >= 15 is 0 Å². The van der Waals surface area contributed by atoms with Crippen molar-refractivity contribution in [2.75, 3.05) is 18.4 Å². The molecular formula is C26H25F3N2O2. The third kappa shape index (κ3) is 5.54. The zero-order valence-electron chi connectivity index (χ0n) is 18.2. The van der Waals surface area contributed by atoms with E-state index in [1.165, 1.54) is 12.1 Å². The summed E-state index contributed by atoms with van der Waals surface area (Å²) in [5.41, 5.74) is 2.20. The molecule has 1 amide bonds. The van der Waals surface area contributed by atoms with Gasteiger partial charge in [0.25, 0.3) is 5.91 Å². The molecule has 172 valence electrons. The smallest absolute Gasteiger partial charge is 0.416 e. The van der Waals surface area contributed by atoms with E-state index in [1.54, 1.807) is 24.3 Å². The maximum absolute atomic E-state index is 13.1. The van der Waals surface area contributed by atoms with E-state index < -0.39 is 11.7 Å². The van der Waals surface area contributed by atoms with Crippen LogP contribution in [0.2, 0.25) is 0 Å². The summed E-state index contributed by atoms with van der Waals surface area (Å²) in [6.07, 6.45) is -2.42. The lowest BCUT2D eigenvalue weighted by Crippen LogP contribution is -2.34. The highest BCUT2D eigenvalue weighted by molar-refractivity contribution is 6.09. The predicted octanol–water partition coefficient (Wildman–Crippen LogP) is 6.06. The highest BCUT2D eigenvalue weighted by atomic mass is 19.4. The standard InChI is InChI=1S/C26H25F3N2O2/c1-17-4-2-7-23(24(17)18-8-10-19(11-9-18)26(27,28)29)25(32)31-20-5-3-6-22(16-20)33-21-12-14-30-15-13-21/h2-11,16,21,30H,12-15H2,1H3,(H,31,32). The molecule has 1 heterocycles. The number of rotatable bonds is 5. The molecule has 3 aromatic carbocycles. The van der Waals surface area contributed by atoms with E-state index in [0.29, 0.717) is 28.1 Å². The van der Waals surface area contributed by atoms with Gasteiger partial charge < -0.3 is 15.4 Å². The third-order valence-corrected chi connectivity index (χ3v) is 5.70. The van der Waals surface area contributed by atoms with Gasteiger partial charge in [0.15, 0.2) is 0 Å². The molecule has 3 aromatic rings. The molecule has 4 rings (SSSR count). The van der Waals surface area contributed by atoms with Crippen molar-refractivity contribution < 1.29 is 22.7 Å². The number of halogens is 3. The first kappa shape index (κ1) is 22.9. The SMILES string of the molecule is Cc1cccc(C(=O)Nc2cccc(OC3CCNCC3)c2)c1-c1ccc(C(F)(F)F)cc1. The summed E-state index contributed by atoms with van der Waals surface area (Å²) in [7, 11) is 0. The van der Waals surface area contributed by atoms with Crippen LogP contribution in [0.3, 0.4) is 0 Å². The Bertz CT molecular complexity index is 1120. The molecule has 0 spiro atoms. The van der Waals surface area contributed by atoms with Crippen LogP contribution < -0.4 is 15.4 Å². The maximum atomic E-state index is 13.1. The predicted molar refractivity (Wildman–Crippen MR) is 123 cm³/mol. The lowest BCUT2D eigenvalue weighted by Gasteiger charge is -2.24. The monoisotopic (exact) mass is 454 g/mol. The van der Waals surface area contributed by atoms with Crippen molar-refractivity contribution in [1.29, 1.82) is 0 Å². The number of ether oxygens (including phenoxy) is 1. The molecule has 0 aromatic heterocycles. The number of aryl methyl sites for hydroxylation is 1. The fourth-order valence-electron chi connectivity index (χ4n) is 4.02. The first-order valence-electron chi connectivity index (χ1n) is 10.9. The van der Waals surface area contributed by atoms with E-state index in [1.807, 2.05) is 25.1 Å². The summed E-state index contributed by atoms with van der Waals surface area (Å²) in [4.78, 5) is 13.1. The molecule has 7 heteroatoms. The minimum Gasteiger partial charge on any atom is -0.490 e. The zero-order valence-corrected chi connectivity index (χ0v) is 18.2. The largest absolute Gasteiger partial charge is 0.490 e. The number of hydrogen-bond acceptors (Lipinski definition) is 3. The quantitative estimate of drug-likeness (QED) is 0.492. The number of nitrogens with one attached hydrogen (secondary N) is 2. The Labute approximate surface area is 190 Å². The van der Waals surface area contributed by atoms with Crippen molar-refractivity contribution in [1.82, 2.24) is 5.32 Å². The van der Waals surface area contributed by atoms with Gasteiger partial charge in [-0.15, -0.1) is 0 Å². The minimum absolute atomic E-state index is 0.139. The molecule has 1 fully saturated rings. The first-order valence-corrected chi connectivity index (χ1v) is 10.9. The van der Waals surface area contributed by atoms with Crippen molar-refractivity contribution in [2.45, 2.75) is 32.0 Å². The van der Waals surface area contributed by atoms with Gasteiger partial charge in [-0.3, -0.25) is 4.79 Å². The van der Waals surface area contributed by atoms with Crippen LogP contribution in [0.15, 0.2) is 66.7 Å². The van der Waals surface area contributed by atoms with Crippen LogP contribution in [0.1, 0.15) is 34.3 Å². The molecule has 33 heavy (non-hydrogen) atoms. The second kappa shape index (κ2) is 9.67. The fraction of sp³-hybridized carbons (Fsp3) is 0.269. The van der Waals surface area contributed by atoms with E-state index in [-0.39, 0.29) is 12.0 Å². The summed E-state index contributed by atoms with van der Waals surface area (Å²) in [6, 6.07) is 17.4. The Balaban J connectivity index is 1.56. The van der Waals surface area contributed by atoms with Gasteiger partial charge in [-0.2, -0.15) is 13.2 Å². The van der Waals surface area contributed by atoms with Gasteiger partial charge in [0, 0.05) is 17.3 Å². The summed E-state index contributed by atoms with van der Waals surface area (Å²) in [6.45, 7) is 3.67. The van der Waals surface area contributed by atoms with E-state index in [4.69, 9.17) is 4.74 Å². The van der Waals surface area contributed by atoms with Gasteiger partial charge in [-0.1, -0.05) is 30.3 Å². The average Bonchev–Trinajstić information content (AvgIpc) is 2.79. The van der Waals surface area contributed by atoms with Gasteiger partial charge in [0.05, 0.1) is 5.56 Å². The van der Waals surface area contributed by atoms with Gasteiger partial charge in [0.2, 0.25) is 0 Å². The van der Waals surface area contributed by atoms with Crippen molar-refractivity contribution >= 4 is 11.6 Å². The van der Waals surface area contributed by atoms with Crippen molar-refractivity contribution in [2.24, 2.45) is 0 Å². The molecule has 1 aliphatic heterocycles. The molecule has 0 aliphatic carbocycles. The number of benzene rings is 3. The Morgan fingerprint density at radius 2 is 1.70 bits per heavy atom. The Kier molecular flexibility index (Phi) is 6.70. The average molecular weight is 454 g/mol. The van der Waals surface area contributed by atoms with Crippen LogP contribution >= 0.6 is 0 Å². The fourth-order valence-corrected chi connectivity index (χ4v) is 4.02. The van der Waals surface area contributed by atoms with Crippen LogP contribution in [0.4, 0.5) is 18.9 Å². The Morgan fingerprint density at radius 3 is 2.39 bits per heavy atom. The Morgan fingerprint density at radius 1 is 1.00 bits per heavy atom. The second-order valence-electron chi connectivity index (χ2n) is 8.12. The molecule has 1 aliphatic rings. The number of anilines is 1. The first-order chi connectivity index (χ1) is 15.8. The molecule has 0 unspecified atom stereocenters. The van der Waals surface area contributed by atoms with Crippen molar-refractivity contribution in [3.05, 3.63) is 83.4 Å². The normalized spacial score (nSPS) is 14.7. The van der Waals surface area contributed by atoms with Gasteiger partial charge in [-0.25, -0.2) is 0 Å². The van der Waals surface area contributed by atoms with E-state index in [0.717, 1.165) is 43.6 Å². The Hall–Kier alpha value is -3.32. The minimum atomic E-state index is -4.41. The molecule has 4 nitrogen and oxygen atoms in total.